The summed E-state index contributed by atoms with van der Waals surface area (Å²) in [5.74, 6) is 0. The van der Waals surface area contributed by atoms with Crippen molar-refractivity contribution >= 4 is 10.8 Å². The largest absolute Gasteiger partial charge is 0.211 e. The zero-order valence-corrected chi connectivity index (χ0v) is 7.07. The van der Waals surface area contributed by atoms with Crippen LogP contribution in [0.3, 0.4) is 0 Å². The first-order valence-electron chi connectivity index (χ1n) is 3.85. The number of hydrogen-bond donors (Lipinski definition) is 2. The maximum absolute atomic E-state index is 5.50. The van der Waals surface area contributed by atoms with E-state index in [1.807, 2.05) is 4.91 Å². The van der Waals surface area contributed by atoms with Crippen LogP contribution in [0.25, 0.3) is 10.8 Å². The second-order valence-electron chi connectivity index (χ2n) is 2.46. The highest BCUT2D eigenvalue weighted by Crippen LogP contribution is 2.11. The first-order chi connectivity index (χ1) is 6.38. The second-order valence-corrected chi connectivity index (χ2v) is 2.46. The summed E-state index contributed by atoms with van der Waals surface area (Å²) < 4.78 is 0. The van der Waals surface area contributed by atoms with Crippen LogP contribution in [0.4, 0.5) is 0 Å². The van der Waals surface area contributed by atoms with Gasteiger partial charge in [-0.3, -0.25) is 0 Å². The maximum Gasteiger partial charge on any atom is 0.211 e. The highest BCUT2D eigenvalue weighted by Gasteiger charge is 1.85. The Hall–Kier alpha value is -1.99. The first kappa shape index (κ1) is 9.10. The van der Waals surface area contributed by atoms with Gasteiger partial charge >= 0.3 is 0 Å². The van der Waals surface area contributed by atoms with Crippen LogP contribution in [0.15, 0.2) is 48.5 Å². The summed E-state index contributed by atoms with van der Waals surface area (Å²) >= 11 is 0. The Morgan fingerprint density at radius 1 is 0.692 bits per heavy atom. The lowest BCUT2D eigenvalue weighted by Crippen LogP contribution is -1.67. The molecule has 2 N–H and O–H groups in total. The highest BCUT2D eigenvalue weighted by molar-refractivity contribution is 5.81. The number of benzene rings is 2. The van der Waals surface area contributed by atoms with Gasteiger partial charge in [0.05, 0.1) is 0 Å². The van der Waals surface area contributed by atoms with E-state index in [0.717, 1.165) is 0 Å². The molecule has 0 spiro atoms. The molecular formula is C10H10N3+. The summed E-state index contributed by atoms with van der Waals surface area (Å²) in [6, 6.07) is 16.7. The van der Waals surface area contributed by atoms with E-state index < -0.39 is 0 Å². The van der Waals surface area contributed by atoms with Crippen molar-refractivity contribution in [3.63, 3.8) is 0 Å². The Balaban J connectivity index is 0.000000251. The first-order valence-corrected chi connectivity index (χ1v) is 3.85. The lowest BCUT2D eigenvalue weighted by atomic mass is 10.1. The average molecular weight is 172 g/mol. The fraction of sp³-hybridized carbons (Fsp3) is 0. The fourth-order valence-electron chi connectivity index (χ4n) is 1.13. The van der Waals surface area contributed by atoms with Gasteiger partial charge in [0, 0.05) is 0 Å². The zero-order valence-electron chi connectivity index (χ0n) is 7.07. The van der Waals surface area contributed by atoms with Crippen molar-refractivity contribution in [1.29, 1.82) is 11.1 Å². The Morgan fingerprint density at radius 2 is 0.923 bits per heavy atom. The summed E-state index contributed by atoms with van der Waals surface area (Å²) in [7, 11) is 0. The quantitative estimate of drug-likeness (QED) is 0.453. The van der Waals surface area contributed by atoms with E-state index in [-0.39, 0.29) is 0 Å². The molecule has 0 amide bonds. The molecule has 3 heteroatoms. The lowest BCUT2D eigenvalue weighted by Gasteiger charge is -1.92. The molecule has 0 aliphatic carbocycles. The number of nitrogens with zero attached hydrogens (tertiary/aromatic N) is 1. The minimum absolute atomic E-state index is 1.31. The van der Waals surface area contributed by atoms with E-state index in [2.05, 4.69) is 48.5 Å². The molecule has 0 atom stereocenters. The third-order valence-electron chi connectivity index (χ3n) is 1.66. The lowest BCUT2D eigenvalue weighted by molar-refractivity contribution is 0.928. The van der Waals surface area contributed by atoms with Crippen LogP contribution in [-0.2, 0) is 0 Å². The summed E-state index contributed by atoms with van der Waals surface area (Å²) in [4.78, 5) is 2.00. The number of hydrogen-bond acceptors (Lipinski definition) is 2. The van der Waals surface area contributed by atoms with Gasteiger partial charge in [-0.25, -0.2) is 0 Å². The van der Waals surface area contributed by atoms with E-state index in [4.69, 9.17) is 11.1 Å². The normalized spacial score (nSPS) is 8.31. The molecule has 0 aromatic heterocycles. The predicted octanol–water partition coefficient (Wildman–Crippen LogP) is 2.96. The monoisotopic (exact) mass is 172 g/mol. The molecule has 0 fully saturated rings. The smallest absolute Gasteiger partial charge is 0.0616 e. The second kappa shape index (κ2) is 4.80. The molecule has 13 heavy (non-hydrogen) atoms. The van der Waals surface area contributed by atoms with E-state index in [0.29, 0.717) is 0 Å². The molecular weight excluding hydrogens is 162 g/mol. The highest BCUT2D eigenvalue weighted by atomic mass is 15.0. The third-order valence-corrected chi connectivity index (χ3v) is 1.66. The standard InChI is InChI=1S/C10H8.H2N3/c1-2-6-10-8-4-3-7-9(10)5-1;1-3-2/h1-8H;1-2H/q;+1. The van der Waals surface area contributed by atoms with Gasteiger partial charge in [-0.1, -0.05) is 48.5 Å². The Kier molecular flexibility index (Phi) is 3.36. The minimum atomic E-state index is 1.31. The molecule has 0 aliphatic heterocycles. The minimum Gasteiger partial charge on any atom is -0.0616 e. The molecule has 0 saturated heterocycles. The molecule has 2 rings (SSSR count). The SMILES string of the molecule is N=[N+]=N.c1ccc2ccccc2c1. The van der Waals surface area contributed by atoms with Crippen LogP contribution < -0.4 is 4.91 Å². The van der Waals surface area contributed by atoms with Crippen molar-refractivity contribution in [2.24, 2.45) is 0 Å². The van der Waals surface area contributed by atoms with Crippen molar-refractivity contribution in [3.8, 4) is 0 Å². The van der Waals surface area contributed by atoms with E-state index in [1.165, 1.54) is 10.8 Å². The van der Waals surface area contributed by atoms with Crippen molar-refractivity contribution in [2.75, 3.05) is 0 Å². The molecule has 0 bridgehead atoms. The molecule has 0 aliphatic rings. The summed E-state index contributed by atoms with van der Waals surface area (Å²) in [5, 5.41) is 2.62. The summed E-state index contributed by atoms with van der Waals surface area (Å²) in [5.41, 5.74) is 11.0. The van der Waals surface area contributed by atoms with Crippen LogP contribution in [0.1, 0.15) is 0 Å². The molecule has 2 aromatic rings. The third kappa shape index (κ3) is 2.51. The molecule has 64 valence electrons. The van der Waals surface area contributed by atoms with Crippen LogP contribution in [0, 0.1) is 11.1 Å². The van der Waals surface area contributed by atoms with Crippen molar-refractivity contribution < 1.29 is 0 Å². The van der Waals surface area contributed by atoms with Crippen LogP contribution in [0.5, 0.6) is 0 Å². The molecule has 0 heterocycles. The van der Waals surface area contributed by atoms with Gasteiger partial charge in [0.1, 0.15) is 11.1 Å². The van der Waals surface area contributed by atoms with Crippen molar-refractivity contribution in [3.05, 3.63) is 48.5 Å². The molecule has 2 aromatic carbocycles. The molecule has 0 radical (unpaired) electrons. The van der Waals surface area contributed by atoms with Crippen molar-refractivity contribution in [1.82, 2.24) is 4.91 Å². The zero-order chi connectivity index (χ0) is 9.52. The van der Waals surface area contributed by atoms with Gasteiger partial charge in [0.25, 0.3) is 0 Å². The van der Waals surface area contributed by atoms with Gasteiger partial charge in [-0.2, -0.15) is 0 Å². The summed E-state index contributed by atoms with van der Waals surface area (Å²) in [6.07, 6.45) is 0. The van der Waals surface area contributed by atoms with Crippen molar-refractivity contribution in [2.45, 2.75) is 0 Å². The Labute approximate surface area is 76.0 Å². The molecule has 0 saturated carbocycles. The summed E-state index contributed by atoms with van der Waals surface area (Å²) in [6.45, 7) is 0. The van der Waals surface area contributed by atoms with Gasteiger partial charge in [0.2, 0.25) is 4.91 Å². The molecule has 0 unspecified atom stereocenters. The van der Waals surface area contributed by atoms with E-state index in [1.54, 1.807) is 0 Å². The maximum atomic E-state index is 5.50. The number of rotatable bonds is 0. The predicted molar refractivity (Wildman–Crippen MR) is 51.5 cm³/mol. The molecule has 3 nitrogen and oxygen atoms in total. The topological polar surface area (TPSA) is 61.8 Å². The number of fused-ring (bicyclic) bond motifs is 1. The van der Waals surface area contributed by atoms with Crippen LogP contribution in [-0.4, -0.2) is 0 Å². The number of nitrogens with one attached hydrogen (secondary N) is 2. The van der Waals surface area contributed by atoms with Gasteiger partial charge in [-0.15, -0.1) is 0 Å². The Bertz CT molecular complexity index is 352. The van der Waals surface area contributed by atoms with Crippen LogP contribution in [0.2, 0.25) is 0 Å². The van der Waals surface area contributed by atoms with Crippen LogP contribution >= 0.6 is 0 Å². The average Bonchev–Trinajstić information content (AvgIpc) is 2.19. The van der Waals surface area contributed by atoms with Gasteiger partial charge in [0.15, 0.2) is 0 Å². The van der Waals surface area contributed by atoms with Gasteiger partial charge in [-0.05, 0) is 10.8 Å². The van der Waals surface area contributed by atoms with Gasteiger partial charge < -0.3 is 0 Å². The van der Waals surface area contributed by atoms with E-state index in [9.17, 15) is 0 Å². The fourth-order valence-corrected chi connectivity index (χ4v) is 1.13. The van der Waals surface area contributed by atoms with E-state index >= 15 is 0 Å². The Morgan fingerprint density at radius 3 is 1.15 bits per heavy atom.